The van der Waals surface area contributed by atoms with Gasteiger partial charge in [-0.2, -0.15) is 11.8 Å². The number of thioether (sulfide) groups is 1. The van der Waals surface area contributed by atoms with Gasteiger partial charge in [-0.1, -0.05) is 11.6 Å². The van der Waals surface area contributed by atoms with E-state index in [4.69, 9.17) is 11.6 Å². The van der Waals surface area contributed by atoms with Gasteiger partial charge in [0, 0.05) is 41.9 Å². The van der Waals surface area contributed by atoms with Crippen LogP contribution >= 0.6 is 34.7 Å². The molecular formula is C13H19ClN2OS2. The van der Waals surface area contributed by atoms with Crippen molar-refractivity contribution in [3.05, 3.63) is 21.3 Å². The quantitative estimate of drug-likeness (QED) is 0.906. The molecule has 2 rings (SSSR count). The van der Waals surface area contributed by atoms with Gasteiger partial charge in [-0.05, 0) is 19.1 Å². The normalized spacial score (nSPS) is 19.4. The molecule has 2 heterocycles. The molecule has 1 aromatic rings. The highest BCUT2D eigenvalue weighted by Gasteiger charge is 2.20. The van der Waals surface area contributed by atoms with E-state index in [0.29, 0.717) is 19.0 Å². The van der Waals surface area contributed by atoms with Gasteiger partial charge in [0.05, 0.1) is 10.9 Å². The Kier molecular flexibility index (Phi) is 6.01. The summed E-state index contributed by atoms with van der Waals surface area (Å²) in [5, 5.41) is 3.41. The molecular weight excluding hydrogens is 300 g/mol. The second-order valence-corrected chi connectivity index (χ2v) is 7.49. The maximum absolute atomic E-state index is 12.3. The van der Waals surface area contributed by atoms with E-state index in [-0.39, 0.29) is 5.91 Å². The number of thiophene rings is 1. The number of amides is 1. The molecule has 1 fully saturated rings. The van der Waals surface area contributed by atoms with Crippen molar-refractivity contribution in [1.82, 2.24) is 10.2 Å². The first-order chi connectivity index (χ1) is 9.19. The lowest BCUT2D eigenvalue weighted by Gasteiger charge is -2.26. The molecule has 1 amide bonds. The summed E-state index contributed by atoms with van der Waals surface area (Å²) in [6.07, 6.45) is 0.597. The molecule has 19 heavy (non-hydrogen) atoms. The number of halogens is 1. The highest BCUT2D eigenvalue weighted by Crippen LogP contribution is 2.23. The molecule has 1 aliphatic rings. The van der Waals surface area contributed by atoms with E-state index >= 15 is 0 Å². The molecule has 0 saturated carbocycles. The number of nitrogens with one attached hydrogen (secondary N) is 1. The van der Waals surface area contributed by atoms with Crippen molar-refractivity contribution in [2.24, 2.45) is 0 Å². The zero-order valence-electron chi connectivity index (χ0n) is 11.0. The van der Waals surface area contributed by atoms with Crippen LogP contribution in [0.2, 0.25) is 4.34 Å². The molecule has 106 valence electrons. The van der Waals surface area contributed by atoms with Crippen LogP contribution in [0, 0.1) is 0 Å². The average molecular weight is 319 g/mol. The average Bonchev–Trinajstić information content (AvgIpc) is 2.82. The number of hydrogen-bond acceptors (Lipinski definition) is 4. The number of carbonyl (C=O) groups is 1. The van der Waals surface area contributed by atoms with Crippen LogP contribution in [0.25, 0.3) is 0 Å². The maximum atomic E-state index is 12.3. The van der Waals surface area contributed by atoms with Gasteiger partial charge in [-0.3, -0.25) is 4.79 Å². The van der Waals surface area contributed by atoms with Crippen LogP contribution in [0.5, 0.6) is 0 Å². The summed E-state index contributed by atoms with van der Waals surface area (Å²) in [5.41, 5.74) is 0. The van der Waals surface area contributed by atoms with Crippen LogP contribution in [0.15, 0.2) is 12.1 Å². The van der Waals surface area contributed by atoms with Crippen molar-refractivity contribution in [2.45, 2.75) is 25.9 Å². The summed E-state index contributed by atoms with van der Waals surface area (Å²) in [4.78, 5) is 15.4. The number of nitrogens with zero attached hydrogens (tertiary/aromatic N) is 1. The molecule has 1 unspecified atom stereocenters. The third kappa shape index (κ3) is 4.67. The first-order valence-corrected chi connectivity index (χ1v) is 8.87. The van der Waals surface area contributed by atoms with Gasteiger partial charge in [0.15, 0.2) is 0 Å². The maximum Gasteiger partial charge on any atom is 0.224 e. The van der Waals surface area contributed by atoms with Gasteiger partial charge in [0.2, 0.25) is 5.91 Å². The van der Waals surface area contributed by atoms with E-state index in [0.717, 1.165) is 33.8 Å². The van der Waals surface area contributed by atoms with E-state index in [2.05, 4.69) is 5.32 Å². The van der Waals surface area contributed by atoms with E-state index < -0.39 is 0 Å². The molecule has 1 aromatic heterocycles. The number of hydrogen-bond donors (Lipinski definition) is 1. The fourth-order valence-electron chi connectivity index (χ4n) is 2.09. The van der Waals surface area contributed by atoms with Crippen molar-refractivity contribution in [3.63, 3.8) is 0 Å². The smallest absolute Gasteiger partial charge is 0.224 e. The van der Waals surface area contributed by atoms with Gasteiger partial charge < -0.3 is 10.2 Å². The summed E-state index contributed by atoms with van der Waals surface area (Å²) in [5.74, 6) is 2.41. The zero-order chi connectivity index (χ0) is 13.7. The van der Waals surface area contributed by atoms with Crippen molar-refractivity contribution < 1.29 is 4.79 Å². The van der Waals surface area contributed by atoms with Crippen LogP contribution in [0.3, 0.4) is 0 Å². The van der Waals surface area contributed by atoms with E-state index in [1.807, 2.05) is 35.7 Å². The van der Waals surface area contributed by atoms with E-state index in [1.54, 1.807) is 11.3 Å². The summed E-state index contributed by atoms with van der Waals surface area (Å²) in [6, 6.07) is 4.21. The first kappa shape index (κ1) is 15.2. The predicted octanol–water partition coefficient (Wildman–Crippen LogP) is 2.85. The van der Waals surface area contributed by atoms with Crippen molar-refractivity contribution in [3.8, 4) is 0 Å². The Balaban J connectivity index is 1.87. The lowest BCUT2D eigenvalue weighted by Crippen LogP contribution is -2.42. The molecule has 1 aliphatic heterocycles. The minimum absolute atomic E-state index is 0.229. The minimum Gasteiger partial charge on any atom is -0.338 e. The van der Waals surface area contributed by atoms with Crippen LogP contribution in [0.1, 0.15) is 18.2 Å². The zero-order valence-corrected chi connectivity index (χ0v) is 13.4. The van der Waals surface area contributed by atoms with Crippen LogP contribution in [-0.2, 0) is 11.3 Å². The third-order valence-electron chi connectivity index (χ3n) is 3.13. The standard InChI is InChI=1S/C13H19ClN2OS2/c1-2-16(8-11-3-4-12(14)19-11)13(17)7-10-9-18-6-5-15-10/h3-4,10,15H,2,5-9H2,1H3. The van der Waals surface area contributed by atoms with E-state index in [9.17, 15) is 4.79 Å². The van der Waals surface area contributed by atoms with Crippen LogP contribution in [0.4, 0.5) is 0 Å². The molecule has 0 radical (unpaired) electrons. The van der Waals surface area contributed by atoms with Crippen LogP contribution in [-0.4, -0.2) is 41.4 Å². The van der Waals surface area contributed by atoms with Crippen molar-refractivity contribution in [2.75, 3.05) is 24.6 Å². The second kappa shape index (κ2) is 7.53. The molecule has 1 atom stereocenters. The predicted molar refractivity (Wildman–Crippen MR) is 84.2 cm³/mol. The Labute approximate surface area is 127 Å². The summed E-state index contributed by atoms with van der Waals surface area (Å²) in [7, 11) is 0. The van der Waals surface area contributed by atoms with Gasteiger partial charge in [-0.15, -0.1) is 11.3 Å². The number of rotatable bonds is 5. The van der Waals surface area contributed by atoms with Gasteiger partial charge >= 0.3 is 0 Å². The summed E-state index contributed by atoms with van der Waals surface area (Å²) < 4.78 is 0.781. The van der Waals surface area contributed by atoms with Gasteiger partial charge in [0.25, 0.3) is 0 Å². The molecule has 0 aliphatic carbocycles. The fourth-order valence-corrected chi connectivity index (χ4v) is 4.14. The SMILES string of the molecule is CCN(Cc1ccc(Cl)s1)C(=O)CC1CSCCN1. The fraction of sp³-hybridized carbons (Fsp3) is 0.615. The molecule has 3 nitrogen and oxygen atoms in total. The molecule has 0 bridgehead atoms. The lowest BCUT2D eigenvalue weighted by molar-refractivity contribution is -0.132. The van der Waals surface area contributed by atoms with Crippen molar-refractivity contribution in [1.29, 1.82) is 0 Å². The van der Waals surface area contributed by atoms with Crippen LogP contribution < -0.4 is 5.32 Å². The van der Waals surface area contributed by atoms with Gasteiger partial charge in [0.1, 0.15) is 0 Å². The minimum atomic E-state index is 0.229. The Morgan fingerprint density at radius 3 is 3.00 bits per heavy atom. The molecule has 0 aromatic carbocycles. The topological polar surface area (TPSA) is 32.3 Å². The molecule has 6 heteroatoms. The molecule has 1 saturated heterocycles. The van der Waals surface area contributed by atoms with Gasteiger partial charge in [-0.25, -0.2) is 0 Å². The first-order valence-electron chi connectivity index (χ1n) is 6.52. The second-order valence-electron chi connectivity index (χ2n) is 4.54. The Hall–Kier alpha value is -0.230. The van der Waals surface area contributed by atoms with E-state index in [1.165, 1.54) is 0 Å². The van der Waals surface area contributed by atoms with Crippen molar-refractivity contribution >= 4 is 40.6 Å². The molecule has 0 spiro atoms. The summed E-state index contributed by atoms with van der Waals surface area (Å²) >= 11 is 9.39. The monoisotopic (exact) mass is 318 g/mol. The Morgan fingerprint density at radius 1 is 1.58 bits per heavy atom. The Morgan fingerprint density at radius 2 is 2.42 bits per heavy atom. The highest BCUT2D eigenvalue weighted by atomic mass is 35.5. The third-order valence-corrected chi connectivity index (χ3v) is 5.48. The summed E-state index contributed by atoms with van der Waals surface area (Å²) in [6.45, 7) is 4.45. The lowest BCUT2D eigenvalue weighted by atomic mass is 10.2. The Bertz CT molecular complexity index is 419. The molecule has 1 N–H and O–H groups in total. The number of carbonyl (C=O) groups excluding carboxylic acids is 1. The largest absolute Gasteiger partial charge is 0.338 e. The highest BCUT2D eigenvalue weighted by molar-refractivity contribution is 7.99.